The topological polar surface area (TPSA) is 116 Å². The van der Waals surface area contributed by atoms with Crippen LogP contribution in [0.25, 0.3) is 11.6 Å². The lowest BCUT2D eigenvalue weighted by Gasteiger charge is -2.29. The molecule has 0 spiro atoms. The second kappa shape index (κ2) is 4.71. The van der Waals surface area contributed by atoms with Gasteiger partial charge in [-0.05, 0) is 26.2 Å². The summed E-state index contributed by atoms with van der Waals surface area (Å²) < 4.78 is 10.8. The first-order valence-corrected chi connectivity index (χ1v) is 6.26. The Bertz CT molecular complexity index is 531. The molecule has 102 valence electrons. The van der Waals surface area contributed by atoms with E-state index >= 15 is 0 Å². The summed E-state index contributed by atoms with van der Waals surface area (Å²) in [6.07, 6.45) is 5.27. The average Bonchev–Trinajstić information content (AvgIpc) is 2.98. The zero-order chi connectivity index (χ0) is 13.3. The largest absolute Gasteiger partial charge is 0.376 e. The summed E-state index contributed by atoms with van der Waals surface area (Å²) in [6, 6.07) is 0. The van der Waals surface area contributed by atoms with Crippen LogP contribution in [0.2, 0.25) is 0 Å². The molecule has 1 atom stereocenters. The Morgan fingerprint density at radius 3 is 3.05 bits per heavy atom. The van der Waals surface area contributed by atoms with Crippen molar-refractivity contribution in [2.45, 2.75) is 37.8 Å². The van der Waals surface area contributed by atoms with Gasteiger partial charge in [0.05, 0.1) is 18.9 Å². The van der Waals surface area contributed by atoms with Gasteiger partial charge >= 0.3 is 0 Å². The summed E-state index contributed by atoms with van der Waals surface area (Å²) in [5, 5.41) is 13.9. The number of nitrogens with zero attached hydrogens (tertiary/aromatic N) is 4. The predicted octanol–water partition coefficient (Wildman–Crippen LogP) is 0.598. The number of rotatable bonds is 5. The Kier molecular flexibility index (Phi) is 3.03. The molecule has 1 aliphatic rings. The van der Waals surface area contributed by atoms with E-state index in [1.165, 1.54) is 12.6 Å². The number of aromatic nitrogens is 5. The van der Waals surface area contributed by atoms with Crippen molar-refractivity contribution in [3.05, 3.63) is 12.0 Å². The molecule has 2 heterocycles. The second-order valence-electron chi connectivity index (χ2n) is 5.06. The SMILES string of the molecule is CC(N)(COC1CCC1)c1noc(-c2cn[nH]n2)n1. The van der Waals surface area contributed by atoms with Gasteiger partial charge in [0.25, 0.3) is 5.89 Å². The van der Waals surface area contributed by atoms with Crippen molar-refractivity contribution >= 4 is 0 Å². The summed E-state index contributed by atoms with van der Waals surface area (Å²) in [4.78, 5) is 4.24. The Labute approximate surface area is 109 Å². The molecule has 1 unspecified atom stereocenters. The third kappa shape index (κ3) is 2.49. The molecule has 1 fully saturated rings. The normalized spacial score (nSPS) is 19.1. The fraction of sp³-hybridized carbons (Fsp3) is 0.636. The summed E-state index contributed by atoms with van der Waals surface area (Å²) in [5.74, 6) is 0.703. The quantitative estimate of drug-likeness (QED) is 0.812. The molecule has 1 aliphatic carbocycles. The predicted molar refractivity (Wildman–Crippen MR) is 64.8 cm³/mol. The molecule has 8 nitrogen and oxygen atoms in total. The number of H-pyrrole nitrogens is 1. The second-order valence-corrected chi connectivity index (χ2v) is 5.06. The van der Waals surface area contributed by atoms with Gasteiger partial charge in [0.15, 0.2) is 11.5 Å². The summed E-state index contributed by atoms with van der Waals surface area (Å²) in [6.45, 7) is 2.19. The number of ether oxygens (including phenoxy) is 1. The highest BCUT2D eigenvalue weighted by molar-refractivity contribution is 5.43. The van der Waals surface area contributed by atoms with Crippen LogP contribution in [-0.4, -0.2) is 38.3 Å². The molecule has 0 amide bonds. The fourth-order valence-electron chi connectivity index (χ4n) is 1.76. The zero-order valence-corrected chi connectivity index (χ0v) is 10.7. The van der Waals surface area contributed by atoms with E-state index in [1.807, 2.05) is 6.92 Å². The zero-order valence-electron chi connectivity index (χ0n) is 10.7. The summed E-state index contributed by atoms with van der Waals surface area (Å²) in [7, 11) is 0. The molecular formula is C11H16N6O2. The van der Waals surface area contributed by atoms with Crippen LogP contribution in [-0.2, 0) is 10.3 Å². The molecular weight excluding hydrogens is 248 g/mol. The Hall–Kier alpha value is -1.80. The van der Waals surface area contributed by atoms with Gasteiger partial charge in [-0.1, -0.05) is 5.16 Å². The number of nitrogens with two attached hydrogens (primary N) is 1. The van der Waals surface area contributed by atoms with Crippen LogP contribution in [0.1, 0.15) is 32.0 Å². The van der Waals surface area contributed by atoms with Gasteiger partial charge in [-0.2, -0.15) is 20.4 Å². The maximum absolute atomic E-state index is 6.18. The average molecular weight is 264 g/mol. The molecule has 0 bridgehead atoms. The number of hydrogen-bond donors (Lipinski definition) is 2. The minimum atomic E-state index is -0.777. The van der Waals surface area contributed by atoms with Crippen molar-refractivity contribution in [2.75, 3.05) is 6.61 Å². The van der Waals surface area contributed by atoms with Gasteiger partial charge in [-0.25, -0.2) is 0 Å². The smallest absolute Gasteiger partial charge is 0.280 e. The van der Waals surface area contributed by atoms with Crippen molar-refractivity contribution < 1.29 is 9.26 Å². The Balaban J connectivity index is 1.69. The van der Waals surface area contributed by atoms with Crippen LogP contribution in [0.4, 0.5) is 0 Å². The molecule has 1 saturated carbocycles. The van der Waals surface area contributed by atoms with Crippen LogP contribution in [0, 0.1) is 0 Å². The fourth-order valence-corrected chi connectivity index (χ4v) is 1.76. The van der Waals surface area contributed by atoms with Crippen LogP contribution in [0.5, 0.6) is 0 Å². The third-order valence-electron chi connectivity index (χ3n) is 3.24. The van der Waals surface area contributed by atoms with Gasteiger partial charge in [0, 0.05) is 0 Å². The van der Waals surface area contributed by atoms with E-state index in [4.69, 9.17) is 15.0 Å². The number of hydrogen-bond acceptors (Lipinski definition) is 7. The lowest BCUT2D eigenvalue weighted by Crippen LogP contribution is -2.41. The van der Waals surface area contributed by atoms with E-state index in [1.54, 1.807) is 0 Å². The van der Waals surface area contributed by atoms with Gasteiger partial charge in [-0.3, -0.25) is 0 Å². The van der Waals surface area contributed by atoms with Gasteiger partial charge in [0.2, 0.25) is 0 Å². The third-order valence-corrected chi connectivity index (χ3v) is 3.24. The molecule has 2 aromatic heterocycles. The van der Waals surface area contributed by atoms with Crippen LogP contribution in [0.3, 0.4) is 0 Å². The molecule has 3 rings (SSSR count). The highest BCUT2D eigenvalue weighted by Crippen LogP contribution is 2.25. The van der Waals surface area contributed by atoms with E-state index in [9.17, 15) is 0 Å². The van der Waals surface area contributed by atoms with Crippen LogP contribution in [0.15, 0.2) is 10.7 Å². The highest BCUT2D eigenvalue weighted by atomic mass is 16.5. The minimum absolute atomic E-state index is 0.295. The van der Waals surface area contributed by atoms with Crippen molar-refractivity contribution in [3.63, 3.8) is 0 Å². The maximum atomic E-state index is 6.18. The van der Waals surface area contributed by atoms with E-state index in [0.717, 1.165) is 12.8 Å². The lowest BCUT2D eigenvalue weighted by atomic mass is 9.95. The molecule has 0 aliphatic heterocycles. The minimum Gasteiger partial charge on any atom is -0.376 e. The van der Waals surface area contributed by atoms with E-state index in [2.05, 4.69) is 25.6 Å². The molecule has 8 heteroatoms. The number of nitrogens with one attached hydrogen (secondary N) is 1. The van der Waals surface area contributed by atoms with Gasteiger partial charge < -0.3 is 15.0 Å². The Morgan fingerprint density at radius 1 is 1.58 bits per heavy atom. The van der Waals surface area contributed by atoms with Crippen molar-refractivity contribution in [1.29, 1.82) is 0 Å². The van der Waals surface area contributed by atoms with Gasteiger partial charge in [-0.15, -0.1) is 0 Å². The van der Waals surface area contributed by atoms with E-state index < -0.39 is 5.54 Å². The van der Waals surface area contributed by atoms with Crippen LogP contribution < -0.4 is 5.73 Å². The maximum Gasteiger partial charge on any atom is 0.280 e. The van der Waals surface area contributed by atoms with Crippen molar-refractivity contribution in [1.82, 2.24) is 25.6 Å². The van der Waals surface area contributed by atoms with E-state index in [-0.39, 0.29) is 0 Å². The van der Waals surface area contributed by atoms with Gasteiger partial charge in [0.1, 0.15) is 5.54 Å². The molecule has 19 heavy (non-hydrogen) atoms. The van der Waals surface area contributed by atoms with Crippen LogP contribution >= 0.6 is 0 Å². The lowest BCUT2D eigenvalue weighted by molar-refractivity contribution is -0.0222. The summed E-state index contributed by atoms with van der Waals surface area (Å²) >= 11 is 0. The van der Waals surface area contributed by atoms with Crippen molar-refractivity contribution in [2.24, 2.45) is 5.73 Å². The molecule has 0 saturated heterocycles. The number of aromatic amines is 1. The molecule has 2 aromatic rings. The first kappa shape index (κ1) is 12.2. The molecule has 0 radical (unpaired) electrons. The summed E-state index contributed by atoms with van der Waals surface area (Å²) in [5.41, 5.74) is 5.90. The van der Waals surface area contributed by atoms with Crippen molar-refractivity contribution in [3.8, 4) is 11.6 Å². The monoisotopic (exact) mass is 264 g/mol. The van der Waals surface area contributed by atoms with E-state index in [0.29, 0.717) is 30.1 Å². The molecule has 3 N–H and O–H groups in total. The standard InChI is InChI=1S/C11H16N6O2/c1-11(12,6-18-7-3-2-4-7)10-14-9(19-16-10)8-5-13-17-15-8/h5,7H,2-4,6,12H2,1H3,(H,13,15,17). The Morgan fingerprint density at radius 2 is 2.42 bits per heavy atom. The first-order valence-electron chi connectivity index (χ1n) is 6.26. The highest BCUT2D eigenvalue weighted by Gasteiger charge is 2.31. The molecule has 0 aromatic carbocycles. The first-order chi connectivity index (χ1) is 9.15.